The van der Waals surface area contributed by atoms with Crippen LogP contribution in [-0.4, -0.2) is 5.78 Å². The van der Waals surface area contributed by atoms with Crippen molar-refractivity contribution in [2.75, 3.05) is 5.73 Å². The molecule has 1 heterocycles. The Morgan fingerprint density at radius 2 is 2.13 bits per heavy atom. The van der Waals surface area contributed by atoms with Crippen molar-refractivity contribution in [1.29, 1.82) is 0 Å². The minimum atomic E-state index is 0.0507. The summed E-state index contributed by atoms with van der Waals surface area (Å²) >= 11 is 1.47. The van der Waals surface area contributed by atoms with Gasteiger partial charge in [0, 0.05) is 11.3 Å². The van der Waals surface area contributed by atoms with Crippen LogP contribution in [0.15, 0.2) is 35.7 Å². The lowest BCUT2D eigenvalue weighted by molar-refractivity contribution is 0.104. The van der Waals surface area contributed by atoms with E-state index in [1.807, 2.05) is 18.4 Å². The molecule has 76 valence electrons. The molecule has 0 saturated carbocycles. The summed E-state index contributed by atoms with van der Waals surface area (Å²) in [6.07, 6.45) is 0. The molecular formula is C12H11NOS. The topological polar surface area (TPSA) is 43.1 Å². The molecule has 0 amide bonds. The van der Waals surface area contributed by atoms with Gasteiger partial charge in [0.2, 0.25) is 5.78 Å². The number of nitrogens with two attached hydrogens (primary N) is 1. The number of hydrogen-bond donors (Lipinski definition) is 1. The van der Waals surface area contributed by atoms with Crippen molar-refractivity contribution in [1.82, 2.24) is 0 Å². The predicted molar refractivity (Wildman–Crippen MR) is 63.3 cm³/mol. The zero-order chi connectivity index (χ0) is 10.8. The number of anilines is 1. The molecule has 0 spiro atoms. The number of aryl methyl sites for hydroxylation is 1. The Hall–Kier alpha value is -1.61. The Bertz CT molecular complexity index is 502. The van der Waals surface area contributed by atoms with E-state index in [9.17, 15) is 4.79 Å². The van der Waals surface area contributed by atoms with E-state index in [4.69, 9.17) is 5.73 Å². The molecular weight excluding hydrogens is 206 g/mol. The molecule has 15 heavy (non-hydrogen) atoms. The number of carbonyl (C=O) groups excluding carboxylic acids is 1. The average molecular weight is 217 g/mol. The van der Waals surface area contributed by atoms with E-state index in [-0.39, 0.29) is 5.78 Å². The maximum Gasteiger partial charge on any atom is 0.203 e. The summed E-state index contributed by atoms with van der Waals surface area (Å²) in [6.45, 7) is 1.94. The van der Waals surface area contributed by atoms with E-state index in [0.29, 0.717) is 11.3 Å². The lowest BCUT2D eigenvalue weighted by Crippen LogP contribution is -2.01. The SMILES string of the molecule is Cc1ccsc1C(=O)c1cccc(N)c1. The third-order valence-corrected chi connectivity index (χ3v) is 3.23. The first-order valence-corrected chi connectivity index (χ1v) is 5.51. The van der Waals surface area contributed by atoms with E-state index in [0.717, 1.165) is 10.4 Å². The Morgan fingerprint density at radius 3 is 2.73 bits per heavy atom. The quantitative estimate of drug-likeness (QED) is 0.621. The van der Waals surface area contributed by atoms with E-state index < -0.39 is 0 Å². The molecule has 0 aliphatic heterocycles. The van der Waals surface area contributed by atoms with E-state index >= 15 is 0 Å². The molecule has 1 aromatic heterocycles. The van der Waals surface area contributed by atoms with Gasteiger partial charge in [-0.15, -0.1) is 11.3 Å². The highest BCUT2D eigenvalue weighted by molar-refractivity contribution is 7.12. The number of nitrogen functional groups attached to an aromatic ring is 1. The van der Waals surface area contributed by atoms with Crippen LogP contribution in [0.4, 0.5) is 5.69 Å². The van der Waals surface area contributed by atoms with Crippen LogP contribution in [-0.2, 0) is 0 Å². The van der Waals surface area contributed by atoms with Crippen molar-refractivity contribution >= 4 is 22.8 Å². The summed E-state index contributed by atoms with van der Waals surface area (Å²) in [5, 5.41) is 1.93. The maximum atomic E-state index is 12.0. The van der Waals surface area contributed by atoms with Gasteiger partial charge >= 0.3 is 0 Å². The first kappa shape index (κ1) is 9.93. The molecule has 0 bridgehead atoms. The number of thiophene rings is 1. The van der Waals surface area contributed by atoms with Crippen LogP contribution in [0, 0.1) is 6.92 Å². The molecule has 0 saturated heterocycles. The fraction of sp³-hybridized carbons (Fsp3) is 0.0833. The lowest BCUT2D eigenvalue weighted by Gasteiger charge is -2.00. The molecule has 0 fully saturated rings. The average Bonchev–Trinajstić information content (AvgIpc) is 2.63. The fourth-order valence-electron chi connectivity index (χ4n) is 1.42. The second kappa shape index (κ2) is 3.87. The summed E-state index contributed by atoms with van der Waals surface area (Å²) in [6, 6.07) is 9.02. The number of rotatable bonds is 2. The fourth-order valence-corrected chi connectivity index (χ4v) is 2.30. The van der Waals surface area contributed by atoms with E-state index in [1.54, 1.807) is 24.3 Å². The molecule has 2 nitrogen and oxygen atoms in total. The zero-order valence-corrected chi connectivity index (χ0v) is 9.17. The molecule has 2 rings (SSSR count). The molecule has 0 aliphatic rings. The van der Waals surface area contributed by atoms with Crippen molar-refractivity contribution in [3.05, 3.63) is 51.7 Å². The van der Waals surface area contributed by atoms with Gasteiger partial charge in [0.1, 0.15) is 0 Å². The number of ketones is 1. The van der Waals surface area contributed by atoms with Crippen LogP contribution >= 0.6 is 11.3 Å². The van der Waals surface area contributed by atoms with Crippen molar-refractivity contribution in [2.45, 2.75) is 6.92 Å². The van der Waals surface area contributed by atoms with Crippen LogP contribution in [0.5, 0.6) is 0 Å². The van der Waals surface area contributed by atoms with Gasteiger partial charge in [-0.1, -0.05) is 12.1 Å². The third kappa shape index (κ3) is 1.92. The molecule has 2 N–H and O–H groups in total. The molecule has 0 radical (unpaired) electrons. The van der Waals surface area contributed by atoms with Gasteiger partial charge in [-0.05, 0) is 36.1 Å². The number of hydrogen-bond acceptors (Lipinski definition) is 3. The number of carbonyl (C=O) groups is 1. The monoisotopic (exact) mass is 217 g/mol. The second-order valence-electron chi connectivity index (χ2n) is 3.39. The zero-order valence-electron chi connectivity index (χ0n) is 8.36. The van der Waals surface area contributed by atoms with Crippen LogP contribution in [0.25, 0.3) is 0 Å². The normalized spacial score (nSPS) is 10.2. The summed E-state index contributed by atoms with van der Waals surface area (Å²) in [5.74, 6) is 0.0507. The van der Waals surface area contributed by atoms with Gasteiger partial charge in [-0.25, -0.2) is 0 Å². The first-order chi connectivity index (χ1) is 7.18. The molecule has 3 heteroatoms. The van der Waals surface area contributed by atoms with Gasteiger partial charge in [0.15, 0.2) is 0 Å². The molecule has 2 aromatic rings. The van der Waals surface area contributed by atoms with Gasteiger partial charge < -0.3 is 5.73 Å². The highest BCUT2D eigenvalue weighted by atomic mass is 32.1. The first-order valence-electron chi connectivity index (χ1n) is 4.63. The Kier molecular flexibility index (Phi) is 2.56. The number of benzene rings is 1. The van der Waals surface area contributed by atoms with E-state index in [1.165, 1.54) is 11.3 Å². The van der Waals surface area contributed by atoms with Crippen molar-refractivity contribution in [3.8, 4) is 0 Å². The van der Waals surface area contributed by atoms with Gasteiger partial charge in [-0.3, -0.25) is 4.79 Å². The predicted octanol–water partition coefficient (Wildman–Crippen LogP) is 2.87. The Morgan fingerprint density at radius 1 is 1.33 bits per heavy atom. The van der Waals surface area contributed by atoms with Gasteiger partial charge in [-0.2, -0.15) is 0 Å². The summed E-state index contributed by atoms with van der Waals surface area (Å²) < 4.78 is 0. The molecule has 0 atom stereocenters. The van der Waals surface area contributed by atoms with Gasteiger partial charge in [0.25, 0.3) is 0 Å². The van der Waals surface area contributed by atoms with Crippen molar-refractivity contribution in [2.24, 2.45) is 0 Å². The molecule has 1 aromatic carbocycles. The minimum Gasteiger partial charge on any atom is -0.399 e. The van der Waals surface area contributed by atoms with Crippen LogP contribution in [0.2, 0.25) is 0 Å². The third-order valence-electron chi connectivity index (χ3n) is 2.22. The summed E-state index contributed by atoms with van der Waals surface area (Å²) in [4.78, 5) is 12.8. The highest BCUT2D eigenvalue weighted by Crippen LogP contribution is 2.20. The smallest absolute Gasteiger partial charge is 0.203 e. The van der Waals surface area contributed by atoms with Gasteiger partial charge in [0.05, 0.1) is 4.88 Å². The summed E-state index contributed by atoms with van der Waals surface area (Å²) in [7, 11) is 0. The van der Waals surface area contributed by atoms with E-state index in [2.05, 4.69) is 0 Å². The van der Waals surface area contributed by atoms with Crippen LogP contribution in [0.1, 0.15) is 20.8 Å². The molecule has 0 aliphatic carbocycles. The minimum absolute atomic E-state index is 0.0507. The summed E-state index contributed by atoms with van der Waals surface area (Å²) in [5.41, 5.74) is 7.93. The van der Waals surface area contributed by atoms with Crippen LogP contribution in [0.3, 0.4) is 0 Å². The van der Waals surface area contributed by atoms with Crippen molar-refractivity contribution < 1.29 is 4.79 Å². The lowest BCUT2D eigenvalue weighted by atomic mass is 10.1. The Balaban J connectivity index is 2.41. The standard InChI is InChI=1S/C12H11NOS/c1-8-5-6-15-12(8)11(14)9-3-2-4-10(13)7-9/h2-7H,13H2,1H3. The van der Waals surface area contributed by atoms with Crippen LogP contribution < -0.4 is 5.73 Å². The Labute approximate surface area is 92.4 Å². The highest BCUT2D eigenvalue weighted by Gasteiger charge is 2.12. The second-order valence-corrected chi connectivity index (χ2v) is 4.30. The maximum absolute atomic E-state index is 12.0. The molecule has 0 unspecified atom stereocenters. The van der Waals surface area contributed by atoms with Crippen molar-refractivity contribution in [3.63, 3.8) is 0 Å². The largest absolute Gasteiger partial charge is 0.399 e.